The number of hydrogen-bond donors (Lipinski definition) is 3. The highest BCUT2D eigenvalue weighted by atomic mass is 79.9. The number of aliphatic hydroxyl groups excluding tert-OH is 2. The van der Waals surface area contributed by atoms with E-state index in [0.717, 1.165) is 0 Å². The molecule has 1 aromatic rings. The average molecular weight is 258 g/mol. The van der Waals surface area contributed by atoms with Gasteiger partial charge in [0.2, 0.25) is 0 Å². The molecule has 4 nitrogen and oxygen atoms in total. The van der Waals surface area contributed by atoms with Crippen LogP contribution in [0.3, 0.4) is 0 Å². The zero-order valence-corrected chi connectivity index (χ0v) is 8.64. The zero-order chi connectivity index (χ0) is 10.7. The number of nitrogens with zero attached hydrogens (tertiary/aromatic N) is 1. The van der Waals surface area contributed by atoms with Crippen LogP contribution in [0.2, 0.25) is 0 Å². The lowest BCUT2D eigenvalue weighted by Crippen LogP contribution is -2.16. The molecule has 0 aliphatic carbocycles. The summed E-state index contributed by atoms with van der Waals surface area (Å²) in [6, 6.07) is 5.76. The number of nitriles is 1. The molecule has 0 amide bonds. The Morgan fingerprint density at radius 2 is 2.00 bits per heavy atom. The van der Waals surface area contributed by atoms with Crippen molar-refractivity contribution in [3.63, 3.8) is 0 Å². The molecule has 0 bridgehead atoms. The number of phenolic OH excluding ortho intramolecular Hbond substituents is 1. The van der Waals surface area contributed by atoms with E-state index in [2.05, 4.69) is 15.9 Å². The third-order valence-corrected chi connectivity index (χ3v) is 2.45. The Hall–Kier alpha value is -1.09. The molecule has 0 heterocycles. The van der Waals surface area contributed by atoms with Crippen LogP contribution in [-0.2, 0) is 0 Å². The lowest BCUT2D eigenvalue weighted by Gasteiger charge is -2.13. The summed E-state index contributed by atoms with van der Waals surface area (Å²) in [7, 11) is 0. The van der Waals surface area contributed by atoms with Crippen LogP contribution in [0.4, 0.5) is 0 Å². The largest absolute Gasteiger partial charge is 0.508 e. The van der Waals surface area contributed by atoms with Crippen molar-refractivity contribution in [3.05, 3.63) is 28.2 Å². The van der Waals surface area contributed by atoms with Crippen LogP contribution in [0.15, 0.2) is 22.7 Å². The van der Waals surface area contributed by atoms with Gasteiger partial charge in [0.05, 0.1) is 6.07 Å². The molecule has 2 atom stereocenters. The van der Waals surface area contributed by atoms with Gasteiger partial charge < -0.3 is 15.3 Å². The number of aromatic hydroxyl groups is 1. The van der Waals surface area contributed by atoms with Crippen molar-refractivity contribution in [2.45, 2.75) is 12.2 Å². The fourth-order valence-electron chi connectivity index (χ4n) is 0.998. The molecule has 0 saturated carbocycles. The molecule has 0 aliphatic heterocycles. The molecule has 0 radical (unpaired) electrons. The maximum atomic E-state index is 9.48. The Morgan fingerprint density at radius 1 is 1.36 bits per heavy atom. The van der Waals surface area contributed by atoms with Gasteiger partial charge in [0.1, 0.15) is 11.9 Å². The molecule has 5 heteroatoms. The number of phenols is 1. The van der Waals surface area contributed by atoms with Crippen LogP contribution in [0, 0.1) is 11.3 Å². The van der Waals surface area contributed by atoms with Crippen molar-refractivity contribution < 1.29 is 15.3 Å². The van der Waals surface area contributed by atoms with E-state index in [0.29, 0.717) is 4.47 Å². The minimum Gasteiger partial charge on any atom is -0.508 e. The first kappa shape index (κ1) is 11.0. The monoisotopic (exact) mass is 257 g/mol. The summed E-state index contributed by atoms with van der Waals surface area (Å²) in [4.78, 5) is 0. The minimum atomic E-state index is -1.51. The zero-order valence-electron chi connectivity index (χ0n) is 7.05. The summed E-state index contributed by atoms with van der Waals surface area (Å²) in [5.41, 5.74) is 0.277. The number of rotatable bonds is 2. The quantitative estimate of drug-likeness (QED) is 0.693. The minimum absolute atomic E-state index is 0.0348. The lowest BCUT2D eigenvalue weighted by molar-refractivity contribution is 0.0522. The van der Waals surface area contributed by atoms with Crippen molar-refractivity contribution in [1.29, 1.82) is 5.26 Å². The van der Waals surface area contributed by atoms with E-state index in [1.54, 1.807) is 0 Å². The molecule has 3 N–H and O–H groups in total. The lowest BCUT2D eigenvalue weighted by atomic mass is 10.1. The average Bonchev–Trinajstić information content (AvgIpc) is 2.19. The summed E-state index contributed by atoms with van der Waals surface area (Å²) in [5, 5.41) is 36.1. The number of halogens is 1. The highest BCUT2D eigenvalue weighted by Gasteiger charge is 2.20. The van der Waals surface area contributed by atoms with Gasteiger partial charge in [-0.15, -0.1) is 0 Å². The van der Waals surface area contributed by atoms with Crippen LogP contribution in [0.5, 0.6) is 5.75 Å². The molecule has 0 spiro atoms. The molecular formula is C9H8BrNO3. The van der Waals surface area contributed by atoms with E-state index >= 15 is 0 Å². The Balaban J connectivity index is 3.07. The van der Waals surface area contributed by atoms with Gasteiger partial charge in [0, 0.05) is 10.0 Å². The Kier molecular flexibility index (Phi) is 3.47. The van der Waals surface area contributed by atoms with Gasteiger partial charge in [-0.25, -0.2) is 0 Å². The second-order valence-electron chi connectivity index (χ2n) is 2.72. The standard InChI is InChI=1S/C9H8BrNO3/c10-7-2-1-5(12)3-6(7)9(14)8(13)4-11/h1-3,8-9,12-14H. The molecule has 1 rings (SSSR count). The topological polar surface area (TPSA) is 84.5 Å². The molecule has 1 aromatic carbocycles. The van der Waals surface area contributed by atoms with Crippen LogP contribution < -0.4 is 0 Å². The second kappa shape index (κ2) is 4.42. The predicted molar refractivity (Wildman–Crippen MR) is 52.4 cm³/mol. The third-order valence-electron chi connectivity index (χ3n) is 1.73. The number of aliphatic hydroxyl groups is 2. The van der Waals surface area contributed by atoms with Crippen molar-refractivity contribution in [1.82, 2.24) is 0 Å². The molecule has 0 aromatic heterocycles. The Bertz CT molecular complexity index is 375. The van der Waals surface area contributed by atoms with Crippen molar-refractivity contribution >= 4 is 15.9 Å². The molecular weight excluding hydrogens is 250 g/mol. The number of benzene rings is 1. The van der Waals surface area contributed by atoms with Crippen molar-refractivity contribution in [3.8, 4) is 11.8 Å². The molecule has 0 fully saturated rings. The Morgan fingerprint density at radius 3 is 2.57 bits per heavy atom. The van der Waals surface area contributed by atoms with Crippen molar-refractivity contribution in [2.24, 2.45) is 0 Å². The van der Waals surface area contributed by atoms with Gasteiger partial charge in [-0.3, -0.25) is 0 Å². The summed E-state index contributed by atoms with van der Waals surface area (Å²) in [5.74, 6) is -0.0348. The van der Waals surface area contributed by atoms with Crippen LogP contribution >= 0.6 is 15.9 Å². The first-order valence-electron chi connectivity index (χ1n) is 3.80. The van der Waals surface area contributed by atoms with Gasteiger partial charge in [-0.05, 0) is 18.2 Å². The molecule has 0 saturated heterocycles. The van der Waals surface area contributed by atoms with Crippen LogP contribution in [-0.4, -0.2) is 21.4 Å². The first-order valence-corrected chi connectivity index (χ1v) is 4.59. The third kappa shape index (κ3) is 2.23. The van der Waals surface area contributed by atoms with Gasteiger partial charge >= 0.3 is 0 Å². The van der Waals surface area contributed by atoms with Gasteiger partial charge in [-0.2, -0.15) is 5.26 Å². The van der Waals surface area contributed by atoms with Crippen LogP contribution in [0.1, 0.15) is 11.7 Å². The summed E-state index contributed by atoms with van der Waals surface area (Å²) in [6.07, 6.45) is -2.84. The fourth-order valence-corrected chi connectivity index (χ4v) is 1.48. The molecule has 74 valence electrons. The first-order chi connectivity index (χ1) is 6.56. The summed E-state index contributed by atoms with van der Waals surface area (Å²) in [6.45, 7) is 0. The van der Waals surface area contributed by atoms with E-state index in [9.17, 15) is 5.11 Å². The number of hydrogen-bond acceptors (Lipinski definition) is 4. The normalized spacial score (nSPS) is 14.4. The van der Waals surface area contributed by atoms with Gasteiger partial charge in [0.25, 0.3) is 0 Å². The molecule has 0 aliphatic rings. The highest BCUT2D eigenvalue weighted by Crippen LogP contribution is 2.28. The SMILES string of the molecule is N#CC(O)C(O)c1cc(O)ccc1Br. The molecule has 2 unspecified atom stereocenters. The van der Waals surface area contributed by atoms with E-state index in [4.69, 9.17) is 15.5 Å². The maximum Gasteiger partial charge on any atom is 0.170 e. The molecule has 14 heavy (non-hydrogen) atoms. The van der Waals surface area contributed by atoms with E-state index in [1.165, 1.54) is 24.3 Å². The fraction of sp³-hybridized carbons (Fsp3) is 0.222. The highest BCUT2D eigenvalue weighted by molar-refractivity contribution is 9.10. The van der Waals surface area contributed by atoms with Crippen molar-refractivity contribution in [2.75, 3.05) is 0 Å². The second-order valence-corrected chi connectivity index (χ2v) is 3.58. The summed E-state index contributed by atoms with van der Waals surface area (Å²) < 4.78 is 0.525. The Labute approximate surface area is 89.2 Å². The van der Waals surface area contributed by atoms with E-state index in [1.807, 2.05) is 0 Å². The smallest absolute Gasteiger partial charge is 0.170 e. The van der Waals surface area contributed by atoms with Gasteiger partial charge in [0.15, 0.2) is 6.10 Å². The summed E-state index contributed by atoms with van der Waals surface area (Å²) >= 11 is 3.14. The van der Waals surface area contributed by atoms with E-state index in [-0.39, 0.29) is 11.3 Å². The maximum absolute atomic E-state index is 9.48. The van der Waals surface area contributed by atoms with E-state index < -0.39 is 12.2 Å². The van der Waals surface area contributed by atoms with Crippen LogP contribution in [0.25, 0.3) is 0 Å². The van der Waals surface area contributed by atoms with Gasteiger partial charge in [-0.1, -0.05) is 15.9 Å². The predicted octanol–water partition coefficient (Wildman–Crippen LogP) is 1.07.